The Morgan fingerprint density at radius 1 is 1.32 bits per heavy atom. The number of hydrogen-bond donors (Lipinski definition) is 2. The third-order valence-corrected chi connectivity index (χ3v) is 4.08. The molecule has 2 N–H and O–H groups in total. The van der Waals surface area contributed by atoms with Crippen molar-refractivity contribution < 1.29 is 0 Å². The van der Waals surface area contributed by atoms with Crippen LogP contribution in [-0.2, 0) is 0 Å². The minimum Gasteiger partial charge on any atom is -0.342 e. The van der Waals surface area contributed by atoms with Gasteiger partial charge >= 0.3 is 0 Å². The Hall–Kier alpha value is -1.13. The van der Waals surface area contributed by atoms with E-state index in [0.29, 0.717) is 0 Å². The van der Waals surface area contributed by atoms with Crippen molar-refractivity contribution in [1.82, 2.24) is 10.7 Å². The first-order valence-electron chi connectivity index (χ1n) is 6.93. The van der Waals surface area contributed by atoms with E-state index in [4.69, 9.17) is 12.2 Å². The quantitative estimate of drug-likeness (QED) is 0.825. The van der Waals surface area contributed by atoms with Crippen LogP contribution in [0.2, 0.25) is 0 Å². The van der Waals surface area contributed by atoms with Gasteiger partial charge in [-0.1, -0.05) is 25.5 Å². The van der Waals surface area contributed by atoms with Gasteiger partial charge in [0.15, 0.2) is 5.11 Å². The van der Waals surface area contributed by atoms with Gasteiger partial charge in [-0.05, 0) is 63.0 Å². The van der Waals surface area contributed by atoms with E-state index < -0.39 is 0 Å². The number of nitrogens with zero attached hydrogens (tertiary/aromatic N) is 1. The molecule has 104 valence electrons. The molecule has 0 spiro atoms. The van der Waals surface area contributed by atoms with Crippen LogP contribution in [0, 0.1) is 13.8 Å². The molecular formula is C15H23N3S. The summed E-state index contributed by atoms with van der Waals surface area (Å²) >= 11 is 5.48. The second-order valence-electron chi connectivity index (χ2n) is 5.53. The number of anilines is 1. The lowest BCUT2D eigenvalue weighted by Crippen LogP contribution is -2.48. The van der Waals surface area contributed by atoms with Crippen molar-refractivity contribution in [1.29, 1.82) is 0 Å². The molecular weight excluding hydrogens is 254 g/mol. The van der Waals surface area contributed by atoms with E-state index in [1.165, 1.54) is 24.0 Å². The van der Waals surface area contributed by atoms with Gasteiger partial charge in [-0.3, -0.25) is 0 Å². The Bertz CT molecular complexity index is 486. The maximum Gasteiger partial charge on any atom is 0.189 e. The van der Waals surface area contributed by atoms with Crippen LogP contribution in [0.25, 0.3) is 0 Å². The lowest BCUT2D eigenvalue weighted by Gasteiger charge is -2.26. The van der Waals surface area contributed by atoms with E-state index in [1.54, 1.807) is 0 Å². The number of hydrazine groups is 1. The van der Waals surface area contributed by atoms with E-state index in [0.717, 1.165) is 17.2 Å². The molecule has 2 rings (SSSR count). The number of hydrogen-bond acceptors (Lipinski definition) is 2. The number of benzene rings is 1. The van der Waals surface area contributed by atoms with E-state index in [2.05, 4.69) is 56.6 Å². The first kappa shape index (κ1) is 14.3. The Morgan fingerprint density at radius 3 is 2.74 bits per heavy atom. The summed E-state index contributed by atoms with van der Waals surface area (Å²) in [5, 5.41) is 6.17. The van der Waals surface area contributed by atoms with Crippen molar-refractivity contribution in [2.24, 2.45) is 0 Å². The van der Waals surface area contributed by atoms with Crippen LogP contribution in [0.15, 0.2) is 18.2 Å². The average molecular weight is 277 g/mol. The topological polar surface area (TPSA) is 27.3 Å². The van der Waals surface area contributed by atoms with Crippen molar-refractivity contribution >= 4 is 23.0 Å². The van der Waals surface area contributed by atoms with Crippen LogP contribution in [0.5, 0.6) is 0 Å². The highest BCUT2D eigenvalue weighted by atomic mass is 32.1. The minimum absolute atomic E-state index is 0.136. The molecule has 1 heterocycles. The van der Waals surface area contributed by atoms with Crippen molar-refractivity contribution in [2.75, 3.05) is 5.01 Å². The molecule has 0 amide bonds. The lowest BCUT2D eigenvalue weighted by atomic mass is 10.1. The van der Waals surface area contributed by atoms with Crippen LogP contribution in [-0.4, -0.2) is 10.8 Å². The molecule has 1 aromatic carbocycles. The van der Waals surface area contributed by atoms with Crippen molar-refractivity contribution in [2.45, 2.75) is 52.6 Å². The summed E-state index contributed by atoms with van der Waals surface area (Å²) in [7, 11) is 0. The molecule has 1 aliphatic rings. The first-order chi connectivity index (χ1) is 8.97. The highest BCUT2D eigenvalue weighted by Crippen LogP contribution is 2.26. The molecule has 0 aliphatic carbocycles. The van der Waals surface area contributed by atoms with Gasteiger partial charge in [0, 0.05) is 0 Å². The third-order valence-electron chi connectivity index (χ3n) is 3.79. The number of unbranched alkanes of at least 4 members (excludes halogenated alkanes) is 1. The summed E-state index contributed by atoms with van der Waals surface area (Å²) in [5.74, 6) is 0. The van der Waals surface area contributed by atoms with Gasteiger partial charge in [0.25, 0.3) is 0 Å². The largest absolute Gasteiger partial charge is 0.342 e. The Balaban J connectivity index is 2.22. The van der Waals surface area contributed by atoms with Gasteiger partial charge in [-0.2, -0.15) is 0 Å². The number of aryl methyl sites for hydroxylation is 1. The van der Waals surface area contributed by atoms with Crippen LogP contribution in [0.3, 0.4) is 0 Å². The highest BCUT2D eigenvalue weighted by molar-refractivity contribution is 7.80. The molecule has 1 aromatic rings. The van der Waals surface area contributed by atoms with Gasteiger partial charge in [-0.25, -0.2) is 10.4 Å². The van der Waals surface area contributed by atoms with Gasteiger partial charge in [0.05, 0.1) is 5.69 Å². The van der Waals surface area contributed by atoms with E-state index in [-0.39, 0.29) is 5.66 Å². The fourth-order valence-electron chi connectivity index (χ4n) is 2.41. The SMILES string of the molecule is CCCCC1(C)NC(=S)N(c2cccc(C)c2C)N1. The van der Waals surface area contributed by atoms with Crippen molar-refractivity contribution in [3.63, 3.8) is 0 Å². The van der Waals surface area contributed by atoms with Crippen LogP contribution in [0.1, 0.15) is 44.2 Å². The summed E-state index contributed by atoms with van der Waals surface area (Å²) in [4.78, 5) is 0. The smallest absolute Gasteiger partial charge is 0.189 e. The summed E-state index contributed by atoms with van der Waals surface area (Å²) in [6, 6.07) is 6.31. The second-order valence-corrected chi connectivity index (χ2v) is 5.92. The molecule has 1 aliphatic heterocycles. The van der Waals surface area contributed by atoms with Crippen LogP contribution >= 0.6 is 12.2 Å². The number of thiocarbonyl (C=S) groups is 1. The Labute approximate surface area is 121 Å². The van der Waals surface area contributed by atoms with Crippen molar-refractivity contribution in [3.05, 3.63) is 29.3 Å². The van der Waals surface area contributed by atoms with Gasteiger partial charge in [0.1, 0.15) is 5.66 Å². The standard InChI is InChI=1S/C15H23N3S/c1-5-6-10-15(4)16-14(19)18(17-15)13-9-7-8-11(2)12(13)3/h7-9,17H,5-6,10H2,1-4H3,(H,16,19). The summed E-state index contributed by atoms with van der Waals surface area (Å²) in [5.41, 5.74) is 7.06. The molecule has 3 nitrogen and oxygen atoms in total. The zero-order chi connectivity index (χ0) is 14.0. The van der Waals surface area contributed by atoms with Crippen LogP contribution < -0.4 is 15.8 Å². The third kappa shape index (κ3) is 2.90. The average Bonchev–Trinajstić information content (AvgIpc) is 2.66. The minimum atomic E-state index is -0.136. The number of nitrogens with one attached hydrogen (secondary N) is 2. The van der Waals surface area contributed by atoms with E-state index >= 15 is 0 Å². The molecule has 0 aromatic heterocycles. The molecule has 1 atom stereocenters. The summed E-state index contributed by atoms with van der Waals surface area (Å²) < 4.78 is 0. The predicted octanol–water partition coefficient (Wildman–Crippen LogP) is 3.41. The fraction of sp³-hybridized carbons (Fsp3) is 0.533. The highest BCUT2D eigenvalue weighted by Gasteiger charge is 2.36. The van der Waals surface area contributed by atoms with Crippen molar-refractivity contribution in [3.8, 4) is 0 Å². The van der Waals surface area contributed by atoms with Gasteiger partial charge in [-0.15, -0.1) is 0 Å². The van der Waals surface area contributed by atoms with Gasteiger partial charge < -0.3 is 5.32 Å². The fourth-order valence-corrected chi connectivity index (χ4v) is 2.78. The summed E-state index contributed by atoms with van der Waals surface area (Å²) in [6.07, 6.45) is 3.43. The Morgan fingerprint density at radius 2 is 2.05 bits per heavy atom. The zero-order valence-corrected chi connectivity index (χ0v) is 13.0. The van der Waals surface area contributed by atoms with Crippen LogP contribution in [0.4, 0.5) is 5.69 Å². The Kier molecular flexibility index (Phi) is 4.11. The maximum atomic E-state index is 5.48. The monoisotopic (exact) mass is 277 g/mol. The lowest BCUT2D eigenvalue weighted by molar-refractivity contribution is 0.337. The molecule has 1 saturated heterocycles. The molecule has 0 saturated carbocycles. The first-order valence-corrected chi connectivity index (χ1v) is 7.34. The van der Waals surface area contributed by atoms with E-state index in [1.807, 2.05) is 5.01 Å². The molecule has 0 radical (unpaired) electrons. The normalized spacial score (nSPS) is 22.7. The molecule has 0 bridgehead atoms. The second kappa shape index (κ2) is 5.47. The zero-order valence-electron chi connectivity index (χ0n) is 12.2. The predicted molar refractivity (Wildman–Crippen MR) is 85.2 cm³/mol. The molecule has 1 fully saturated rings. The number of rotatable bonds is 4. The van der Waals surface area contributed by atoms with Gasteiger partial charge in [0.2, 0.25) is 0 Å². The molecule has 4 heteroatoms. The van der Waals surface area contributed by atoms with E-state index in [9.17, 15) is 0 Å². The summed E-state index contributed by atoms with van der Waals surface area (Å²) in [6.45, 7) is 8.64. The molecule has 1 unspecified atom stereocenters. The maximum absolute atomic E-state index is 5.48. The molecule has 19 heavy (non-hydrogen) atoms.